The van der Waals surface area contributed by atoms with Crippen LogP contribution in [0.25, 0.3) is 0 Å². The molecule has 19 heavy (non-hydrogen) atoms. The standard InChI is InChI=1S/C14H15ClN2OS/c1-3-17(8-11-5-4-6-12(15)7-11)14(18)13-9-19-10(2)16-13/h4-7,9H,3,8H2,1-2H3. The molecule has 100 valence electrons. The van der Waals surface area contributed by atoms with Crippen LogP contribution in [0.15, 0.2) is 29.6 Å². The van der Waals surface area contributed by atoms with Crippen LogP contribution in [0, 0.1) is 6.92 Å². The maximum absolute atomic E-state index is 12.3. The molecule has 1 heterocycles. The summed E-state index contributed by atoms with van der Waals surface area (Å²) < 4.78 is 0. The van der Waals surface area contributed by atoms with E-state index in [-0.39, 0.29) is 5.91 Å². The third kappa shape index (κ3) is 3.55. The minimum atomic E-state index is -0.0353. The summed E-state index contributed by atoms with van der Waals surface area (Å²) in [6.45, 7) is 5.05. The van der Waals surface area contributed by atoms with E-state index in [0.717, 1.165) is 10.6 Å². The molecule has 0 N–H and O–H groups in total. The van der Waals surface area contributed by atoms with E-state index in [1.54, 1.807) is 10.3 Å². The van der Waals surface area contributed by atoms with Crippen molar-refractivity contribution in [1.82, 2.24) is 9.88 Å². The van der Waals surface area contributed by atoms with Crippen molar-refractivity contribution in [3.05, 3.63) is 50.9 Å². The molecule has 0 atom stereocenters. The number of aryl methyl sites for hydroxylation is 1. The molecule has 1 aromatic heterocycles. The lowest BCUT2D eigenvalue weighted by molar-refractivity contribution is 0.0747. The minimum Gasteiger partial charge on any atom is -0.333 e. The third-order valence-electron chi connectivity index (χ3n) is 2.77. The normalized spacial score (nSPS) is 10.5. The third-order valence-corrected chi connectivity index (χ3v) is 3.78. The van der Waals surface area contributed by atoms with Gasteiger partial charge in [0.2, 0.25) is 0 Å². The molecule has 0 saturated carbocycles. The van der Waals surface area contributed by atoms with Crippen LogP contribution in [0.3, 0.4) is 0 Å². The van der Waals surface area contributed by atoms with Gasteiger partial charge in [-0.15, -0.1) is 11.3 Å². The molecule has 1 aromatic carbocycles. The second kappa shape index (κ2) is 6.17. The molecular formula is C14H15ClN2OS. The Balaban J connectivity index is 2.14. The largest absolute Gasteiger partial charge is 0.333 e. The highest BCUT2D eigenvalue weighted by molar-refractivity contribution is 7.09. The maximum atomic E-state index is 12.3. The highest BCUT2D eigenvalue weighted by Crippen LogP contribution is 2.15. The van der Waals surface area contributed by atoms with Crippen LogP contribution >= 0.6 is 22.9 Å². The lowest BCUT2D eigenvalue weighted by atomic mass is 10.2. The van der Waals surface area contributed by atoms with Crippen LogP contribution in [0.1, 0.15) is 28.0 Å². The number of hydrogen-bond acceptors (Lipinski definition) is 3. The lowest BCUT2D eigenvalue weighted by Gasteiger charge is -2.20. The quantitative estimate of drug-likeness (QED) is 0.860. The summed E-state index contributed by atoms with van der Waals surface area (Å²) in [5.74, 6) is -0.0353. The van der Waals surface area contributed by atoms with Crippen molar-refractivity contribution in [2.24, 2.45) is 0 Å². The van der Waals surface area contributed by atoms with Crippen molar-refractivity contribution in [2.75, 3.05) is 6.54 Å². The Labute approximate surface area is 121 Å². The number of amides is 1. The molecule has 0 aliphatic carbocycles. The monoisotopic (exact) mass is 294 g/mol. The van der Waals surface area contributed by atoms with E-state index in [1.807, 2.05) is 38.1 Å². The summed E-state index contributed by atoms with van der Waals surface area (Å²) in [4.78, 5) is 18.3. The van der Waals surface area contributed by atoms with Gasteiger partial charge < -0.3 is 4.90 Å². The van der Waals surface area contributed by atoms with Crippen LogP contribution in [-0.4, -0.2) is 22.3 Å². The number of hydrogen-bond donors (Lipinski definition) is 0. The predicted molar refractivity (Wildman–Crippen MR) is 78.7 cm³/mol. The lowest BCUT2D eigenvalue weighted by Crippen LogP contribution is -2.30. The van der Waals surface area contributed by atoms with Crippen LogP contribution < -0.4 is 0 Å². The number of nitrogens with zero attached hydrogens (tertiary/aromatic N) is 2. The highest BCUT2D eigenvalue weighted by atomic mass is 35.5. The van der Waals surface area contributed by atoms with Crippen molar-refractivity contribution < 1.29 is 4.79 Å². The molecule has 3 nitrogen and oxygen atoms in total. The van der Waals surface area contributed by atoms with E-state index < -0.39 is 0 Å². The van der Waals surface area contributed by atoms with Crippen molar-refractivity contribution in [3.8, 4) is 0 Å². The first kappa shape index (κ1) is 14.0. The summed E-state index contributed by atoms with van der Waals surface area (Å²) in [5, 5.41) is 3.39. The first-order chi connectivity index (χ1) is 9.10. The number of carbonyl (C=O) groups excluding carboxylic acids is 1. The first-order valence-corrected chi connectivity index (χ1v) is 7.31. The number of thiazole rings is 1. The first-order valence-electron chi connectivity index (χ1n) is 6.06. The van der Waals surface area contributed by atoms with Gasteiger partial charge >= 0.3 is 0 Å². The van der Waals surface area contributed by atoms with Gasteiger partial charge in [0.1, 0.15) is 5.69 Å². The Morgan fingerprint density at radius 3 is 2.84 bits per heavy atom. The molecule has 0 saturated heterocycles. The van der Waals surface area contributed by atoms with Gasteiger partial charge in [-0.25, -0.2) is 4.98 Å². The Kier molecular flexibility index (Phi) is 4.56. The summed E-state index contributed by atoms with van der Waals surface area (Å²) in [6, 6.07) is 7.56. The van der Waals surface area contributed by atoms with Gasteiger partial charge in [-0.05, 0) is 31.5 Å². The summed E-state index contributed by atoms with van der Waals surface area (Å²) in [5.41, 5.74) is 1.54. The molecule has 2 aromatic rings. The molecule has 1 amide bonds. The van der Waals surface area contributed by atoms with Gasteiger partial charge in [-0.3, -0.25) is 4.79 Å². The van der Waals surface area contributed by atoms with Crippen LogP contribution in [-0.2, 0) is 6.54 Å². The minimum absolute atomic E-state index is 0.0353. The zero-order valence-corrected chi connectivity index (χ0v) is 12.5. The van der Waals surface area contributed by atoms with E-state index in [1.165, 1.54) is 11.3 Å². The van der Waals surface area contributed by atoms with E-state index in [9.17, 15) is 4.79 Å². The number of aromatic nitrogens is 1. The molecular weight excluding hydrogens is 280 g/mol. The number of rotatable bonds is 4. The van der Waals surface area contributed by atoms with Crippen molar-refractivity contribution in [1.29, 1.82) is 0 Å². The van der Waals surface area contributed by atoms with Crippen molar-refractivity contribution in [3.63, 3.8) is 0 Å². The topological polar surface area (TPSA) is 33.2 Å². The van der Waals surface area contributed by atoms with E-state index in [0.29, 0.717) is 23.8 Å². The average Bonchev–Trinajstić information content (AvgIpc) is 2.82. The maximum Gasteiger partial charge on any atom is 0.273 e. The fourth-order valence-corrected chi connectivity index (χ4v) is 2.61. The molecule has 2 rings (SSSR count). The highest BCUT2D eigenvalue weighted by Gasteiger charge is 2.17. The molecule has 0 fully saturated rings. The molecule has 0 spiro atoms. The number of carbonyl (C=O) groups is 1. The van der Waals surface area contributed by atoms with E-state index >= 15 is 0 Å². The van der Waals surface area contributed by atoms with Crippen molar-refractivity contribution in [2.45, 2.75) is 20.4 Å². The van der Waals surface area contributed by atoms with Gasteiger partial charge in [0.15, 0.2) is 0 Å². The van der Waals surface area contributed by atoms with Crippen LogP contribution in [0.4, 0.5) is 0 Å². The molecule has 0 unspecified atom stereocenters. The molecule has 0 aliphatic heterocycles. The van der Waals surface area contributed by atoms with E-state index in [2.05, 4.69) is 4.98 Å². The summed E-state index contributed by atoms with van der Waals surface area (Å²) in [7, 11) is 0. The van der Waals surface area contributed by atoms with Crippen molar-refractivity contribution >= 4 is 28.8 Å². The summed E-state index contributed by atoms with van der Waals surface area (Å²) >= 11 is 7.45. The molecule has 0 radical (unpaired) electrons. The fourth-order valence-electron chi connectivity index (χ4n) is 1.81. The number of halogens is 1. The average molecular weight is 295 g/mol. The number of benzene rings is 1. The fraction of sp³-hybridized carbons (Fsp3) is 0.286. The zero-order valence-electron chi connectivity index (χ0n) is 10.9. The van der Waals surface area contributed by atoms with Gasteiger partial charge in [0.25, 0.3) is 5.91 Å². The van der Waals surface area contributed by atoms with Crippen LogP contribution in [0.5, 0.6) is 0 Å². The Morgan fingerprint density at radius 1 is 1.47 bits per heavy atom. The van der Waals surface area contributed by atoms with Gasteiger partial charge in [0.05, 0.1) is 5.01 Å². The Bertz CT molecular complexity index is 582. The van der Waals surface area contributed by atoms with Crippen LogP contribution in [0.2, 0.25) is 5.02 Å². The summed E-state index contributed by atoms with van der Waals surface area (Å²) in [6.07, 6.45) is 0. The predicted octanol–water partition coefficient (Wildman–Crippen LogP) is 3.77. The molecule has 0 bridgehead atoms. The molecule has 5 heteroatoms. The Hall–Kier alpha value is -1.39. The molecule has 0 aliphatic rings. The second-order valence-electron chi connectivity index (χ2n) is 4.20. The second-order valence-corrected chi connectivity index (χ2v) is 5.70. The van der Waals surface area contributed by atoms with Gasteiger partial charge in [0, 0.05) is 23.5 Å². The van der Waals surface area contributed by atoms with Gasteiger partial charge in [-0.1, -0.05) is 23.7 Å². The smallest absolute Gasteiger partial charge is 0.273 e. The zero-order chi connectivity index (χ0) is 13.8. The van der Waals surface area contributed by atoms with Gasteiger partial charge in [-0.2, -0.15) is 0 Å². The SMILES string of the molecule is CCN(Cc1cccc(Cl)c1)C(=O)c1csc(C)n1. The van der Waals surface area contributed by atoms with E-state index in [4.69, 9.17) is 11.6 Å². The Morgan fingerprint density at radius 2 is 2.26 bits per heavy atom.